The number of rotatable bonds is 8. The molecule has 1 unspecified atom stereocenters. The minimum atomic E-state index is -0.894. The number of hydrogen-bond donors (Lipinski definition) is 2. The number of amides is 2. The Hall–Kier alpha value is -1.11. The van der Waals surface area contributed by atoms with E-state index in [1.165, 1.54) is 0 Å². The second-order valence-corrected chi connectivity index (χ2v) is 5.99. The van der Waals surface area contributed by atoms with E-state index in [1.54, 1.807) is 11.2 Å². The van der Waals surface area contributed by atoms with Crippen LogP contribution in [0.25, 0.3) is 0 Å². The summed E-state index contributed by atoms with van der Waals surface area (Å²) in [6.45, 7) is 0.736. The molecule has 1 fully saturated rings. The van der Waals surface area contributed by atoms with E-state index in [-0.39, 0.29) is 25.0 Å². The Labute approximate surface area is 109 Å². The van der Waals surface area contributed by atoms with Crippen LogP contribution in [0.15, 0.2) is 0 Å². The minimum absolute atomic E-state index is 0.0249. The van der Waals surface area contributed by atoms with Crippen molar-refractivity contribution in [1.29, 1.82) is 0 Å². The van der Waals surface area contributed by atoms with E-state index in [9.17, 15) is 13.8 Å². The third-order valence-corrected chi connectivity index (χ3v) is 3.56. The first-order valence-electron chi connectivity index (χ1n) is 6.07. The van der Waals surface area contributed by atoms with Gasteiger partial charge in [0, 0.05) is 41.9 Å². The summed E-state index contributed by atoms with van der Waals surface area (Å²) in [5.74, 6) is -0.325. The molecule has 1 aliphatic rings. The van der Waals surface area contributed by atoms with Crippen molar-refractivity contribution in [1.82, 2.24) is 10.2 Å². The summed E-state index contributed by atoms with van der Waals surface area (Å²) in [7, 11) is -0.840. The van der Waals surface area contributed by atoms with Gasteiger partial charge in [0.15, 0.2) is 0 Å². The highest BCUT2D eigenvalue weighted by Crippen LogP contribution is 2.26. The van der Waals surface area contributed by atoms with E-state index in [0.717, 1.165) is 12.8 Å². The first kappa shape index (κ1) is 14.9. The Morgan fingerprint density at radius 3 is 2.61 bits per heavy atom. The zero-order valence-corrected chi connectivity index (χ0v) is 11.4. The normalized spacial score (nSPS) is 16.1. The molecule has 0 aromatic carbocycles. The van der Waals surface area contributed by atoms with E-state index in [2.05, 4.69) is 5.32 Å². The van der Waals surface area contributed by atoms with Crippen LogP contribution >= 0.6 is 0 Å². The van der Waals surface area contributed by atoms with Crippen molar-refractivity contribution < 1.29 is 18.9 Å². The molecule has 1 saturated carbocycles. The van der Waals surface area contributed by atoms with Crippen molar-refractivity contribution >= 4 is 22.8 Å². The van der Waals surface area contributed by atoms with Crippen molar-refractivity contribution in [2.75, 3.05) is 25.1 Å². The fourth-order valence-electron chi connectivity index (χ4n) is 1.62. The third-order valence-electron chi connectivity index (χ3n) is 2.70. The molecule has 1 atom stereocenters. The number of aliphatic carboxylic acids is 1. The van der Waals surface area contributed by atoms with E-state index in [1.807, 2.05) is 0 Å². The van der Waals surface area contributed by atoms with Gasteiger partial charge in [0.1, 0.15) is 0 Å². The van der Waals surface area contributed by atoms with Crippen molar-refractivity contribution in [2.24, 2.45) is 0 Å². The van der Waals surface area contributed by atoms with Crippen LogP contribution in [0.4, 0.5) is 4.79 Å². The van der Waals surface area contributed by atoms with Gasteiger partial charge in [-0.3, -0.25) is 9.00 Å². The summed E-state index contributed by atoms with van der Waals surface area (Å²) >= 11 is 0. The van der Waals surface area contributed by atoms with Crippen molar-refractivity contribution in [3.8, 4) is 0 Å². The Balaban J connectivity index is 2.26. The van der Waals surface area contributed by atoms with Crippen LogP contribution in [0.1, 0.15) is 25.7 Å². The molecular formula is C11H20N2O4S. The Kier molecular flexibility index (Phi) is 6.11. The summed E-state index contributed by atoms with van der Waals surface area (Å²) in [5.41, 5.74) is 0. The fourth-order valence-corrected chi connectivity index (χ4v) is 2.18. The van der Waals surface area contributed by atoms with Crippen molar-refractivity contribution in [3.63, 3.8) is 0 Å². The number of urea groups is 1. The number of hydrogen-bond acceptors (Lipinski definition) is 3. The molecule has 0 bridgehead atoms. The largest absolute Gasteiger partial charge is 0.481 e. The third kappa shape index (κ3) is 6.00. The average Bonchev–Trinajstić information content (AvgIpc) is 3.08. The molecule has 0 saturated heterocycles. The average molecular weight is 276 g/mol. The van der Waals surface area contributed by atoms with Crippen LogP contribution in [0, 0.1) is 0 Å². The molecule has 104 valence electrons. The monoisotopic (exact) mass is 276 g/mol. The summed E-state index contributed by atoms with van der Waals surface area (Å²) < 4.78 is 10.8. The predicted octanol–water partition coefficient (Wildman–Crippen LogP) is 0.404. The zero-order valence-electron chi connectivity index (χ0n) is 10.6. The maximum atomic E-state index is 11.8. The quantitative estimate of drug-likeness (QED) is 0.628. The van der Waals surface area contributed by atoms with Gasteiger partial charge in [-0.25, -0.2) is 4.79 Å². The van der Waals surface area contributed by atoms with Gasteiger partial charge in [0.05, 0.1) is 6.42 Å². The molecule has 0 radical (unpaired) electrons. The van der Waals surface area contributed by atoms with Gasteiger partial charge in [0.2, 0.25) is 0 Å². The summed E-state index contributed by atoms with van der Waals surface area (Å²) in [5, 5.41) is 11.4. The molecule has 0 aliphatic heterocycles. The van der Waals surface area contributed by atoms with Crippen molar-refractivity contribution in [3.05, 3.63) is 0 Å². The second kappa shape index (κ2) is 7.35. The lowest BCUT2D eigenvalue weighted by Gasteiger charge is -2.22. The predicted molar refractivity (Wildman–Crippen MR) is 68.9 cm³/mol. The number of carbonyl (C=O) groups is 2. The smallest absolute Gasteiger partial charge is 0.317 e. The molecule has 0 aromatic heterocycles. The van der Waals surface area contributed by atoms with Gasteiger partial charge in [-0.2, -0.15) is 0 Å². The van der Waals surface area contributed by atoms with Gasteiger partial charge in [-0.1, -0.05) is 0 Å². The molecular weight excluding hydrogens is 256 g/mol. The maximum absolute atomic E-state index is 11.8. The summed E-state index contributed by atoms with van der Waals surface area (Å²) in [6, 6.07) is -0.00899. The van der Waals surface area contributed by atoms with Crippen LogP contribution in [0.3, 0.4) is 0 Å². The van der Waals surface area contributed by atoms with Crippen LogP contribution in [0.5, 0.6) is 0 Å². The van der Waals surface area contributed by atoms with Crippen molar-refractivity contribution in [2.45, 2.75) is 31.7 Å². The Morgan fingerprint density at radius 2 is 2.11 bits per heavy atom. The van der Waals surface area contributed by atoms with Gasteiger partial charge in [-0.15, -0.1) is 0 Å². The topological polar surface area (TPSA) is 86.7 Å². The van der Waals surface area contributed by atoms with E-state index in [4.69, 9.17) is 5.11 Å². The lowest BCUT2D eigenvalue weighted by Crippen LogP contribution is -2.43. The maximum Gasteiger partial charge on any atom is 0.317 e. The fraction of sp³-hybridized carbons (Fsp3) is 0.818. The molecule has 1 aliphatic carbocycles. The number of carbonyl (C=O) groups excluding carboxylic acids is 1. The number of carboxylic acid groups (broad SMARTS) is 1. The molecule has 0 aromatic rings. The second-order valence-electron chi connectivity index (χ2n) is 4.43. The molecule has 0 heterocycles. The van der Waals surface area contributed by atoms with E-state index >= 15 is 0 Å². The Morgan fingerprint density at radius 1 is 1.44 bits per heavy atom. The zero-order chi connectivity index (χ0) is 13.5. The highest BCUT2D eigenvalue weighted by atomic mass is 32.2. The molecule has 2 N–H and O–H groups in total. The molecule has 0 spiro atoms. The van der Waals surface area contributed by atoms with Crippen LogP contribution < -0.4 is 5.32 Å². The van der Waals surface area contributed by atoms with Gasteiger partial charge < -0.3 is 15.3 Å². The SMILES string of the molecule is CS(=O)CCCNC(=O)N(CCC(=O)O)C1CC1. The standard InChI is InChI=1S/C11H20N2O4S/c1-18(17)8-2-6-12-11(16)13(9-3-4-9)7-5-10(14)15/h9H,2-8H2,1H3,(H,12,16)(H,14,15). The highest BCUT2D eigenvalue weighted by molar-refractivity contribution is 7.84. The first-order valence-corrected chi connectivity index (χ1v) is 7.79. The number of nitrogens with zero attached hydrogens (tertiary/aromatic N) is 1. The van der Waals surface area contributed by atoms with Gasteiger partial charge >= 0.3 is 12.0 Å². The van der Waals surface area contributed by atoms with Gasteiger partial charge in [-0.05, 0) is 19.3 Å². The molecule has 7 heteroatoms. The minimum Gasteiger partial charge on any atom is -0.481 e. The summed E-state index contributed by atoms with van der Waals surface area (Å²) in [4.78, 5) is 23.9. The van der Waals surface area contributed by atoms with Gasteiger partial charge in [0.25, 0.3) is 0 Å². The van der Waals surface area contributed by atoms with E-state index < -0.39 is 16.8 Å². The molecule has 6 nitrogen and oxygen atoms in total. The number of nitrogens with one attached hydrogen (secondary N) is 1. The van der Waals surface area contributed by atoms with E-state index in [0.29, 0.717) is 18.7 Å². The van der Waals surface area contributed by atoms with Crippen LogP contribution in [-0.4, -0.2) is 57.4 Å². The van der Waals surface area contributed by atoms with Crippen LogP contribution in [0.2, 0.25) is 0 Å². The molecule has 18 heavy (non-hydrogen) atoms. The molecule has 1 rings (SSSR count). The Bertz CT molecular complexity index is 331. The molecule has 2 amide bonds. The lowest BCUT2D eigenvalue weighted by molar-refractivity contribution is -0.137. The first-order chi connectivity index (χ1) is 8.50. The summed E-state index contributed by atoms with van der Waals surface area (Å²) in [6.07, 6.45) is 4.18. The van der Waals surface area contributed by atoms with Crippen LogP contribution in [-0.2, 0) is 15.6 Å². The highest BCUT2D eigenvalue weighted by Gasteiger charge is 2.32. The number of carboxylic acids is 1. The lowest BCUT2D eigenvalue weighted by atomic mass is 10.4.